The molecule has 0 spiro atoms. The average molecular weight is 250 g/mol. The first-order valence-electron chi connectivity index (χ1n) is 7.99. The van der Waals surface area contributed by atoms with Gasteiger partial charge in [0, 0.05) is 11.8 Å². The van der Waals surface area contributed by atoms with Crippen LogP contribution in [0.2, 0.25) is 0 Å². The summed E-state index contributed by atoms with van der Waals surface area (Å²) in [6, 6.07) is 0. The van der Waals surface area contributed by atoms with Gasteiger partial charge in [-0.05, 0) is 62.2 Å². The lowest BCUT2D eigenvalue weighted by atomic mass is 9.56. The van der Waals surface area contributed by atoms with Crippen LogP contribution in [0, 0.1) is 35.5 Å². The molecule has 4 bridgehead atoms. The molecule has 4 aliphatic rings. The molecule has 0 radical (unpaired) electrons. The van der Waals surface area contributed by atoms with E-state index in [1.54, 1.807) is 38.5 Å². The van der Waals surface area contributed by atoms with E-state index in [4.69, 9.17) is 0 Å². The van der Waals surface area contributed by atoms with E-state index in [1.165, 1.54) is 23.7 Å². The fraction of sp³-hybridized carbons (Fsp3) is 0.941. The summed E-state index contributed by atoms with van der Waals surface area (Å²) in [5, 5.41) is 0. The molecule has 0 amide bonds. The Morgan fingerprint density at radius 3 is 1.00 bits per heavy atom. The summed E-state index contributed by atoms with van der Waals surface area (Å²) < 4.78 is 0. The Morgan fingerprint density at radius 1 is 0.667 bits per heavy atom. The molecule has 0 N–H and O–H groups in total. The zero-order chi connectivity index (χ0) is 13.3. The average Bonchev–Trinajstić information content (AvgIpc) is 2.26. The zero-order valence-electron chi connectivity index (χ0n) is 12.6. The summed E-state index contributed by atoms with van der Waals surface area (Å²) in [7, 11) is 0. The number of rotatable bonds is 2. The first kappa shape index (κ1) is 14.1. The Hall–Kier alpha value is -0.330. The molecule has 4 fully saturated rings. The molecule has 4 aliphatic carbocycles. The van der Waals surface area contributed by atoms with Crippen molar-refractivity contribution in [2.75, 3.05) is 0 Å². The summed E-state index contributed by atoms with van der Waals surface area (Å²) in [6.45, 7) is 7.73. The van der Waals surface area contributed by atoms with E-state index < -0.39 is 0 Å². The lowest BCUT2D eigenvalue weighted by molar-refractivity contribution is -0.124. The molecule has 0 aromatic carbocycles. The molecule has 4 rings (SSSR count). The second-order valence-electron chi connectivity index (χ2n) is 7.59. The summed E-state index contributed by atoms with van der Waals surface area (Å²) in [5.74, 6) is 5.47. The van der Waals surface area contributed by atoms with Crippen molar-refractivity contribution in [3.63, 3.8) is 0 Å². The molecule has 0 unspecified atom stereocenters. The maximum Gasteiger partial charge on any atom is 0.137 e. The highest BCUT2D eigenvalue weighted by Gasteiger charge is 2.41. The Labute approximate surface area is 113 Å². The van der Waals surface area contributed by atoms with Gasteiger partial charge in [0.25, 0.3) is 0 Å². The number of Topliss-reactive ketones (excluding diaryl/α,β-unsaturated/α-hetero) is 1. The molecular weight excluding hydrogens is 220 g/mol. The standard InChI is InChI=1S/C10H16.C7H14O/c1-7-2-9-4-8(1)5-10(3-7)6-9;1-5(2)7(8)6(3)4/h7-10H,1-6H2;5-6H,1-4H3. The van der Waals surface area contributed by atoms with Crippen LogP contribution in [0.5, 0.6) is 0 Å². The third-order valence-corrected chi connectivity index (χ3v) is 5.14. The van der Waals surface area contributed by atoms with Crippen LogP contribution in [-0.4, -0.2) is 5.78 Å². The van der Waals surface area contributed by atoms with Crippen LogP contribution >= 0.6 is 0 Å². The molecule has 0 aliphatic heterocycles. The van der Waals surface area contributed by atoms with Gasteiger partial charge in [0.05, 0.1) is 0 Å². The highest BCUT2D eigenvalue weighted by Crippen LogP contribution is 2.53. The Balaban J connectivity index is 0.000000139. The number of carbonyl (C=O) groups excluding carboxylic acids is 1. The molecule has 0 aromatic rings. The van der Waals surface area contributed by atoms with E-state index in [1.807, 2.05) is 27.7 Å². The molecule has 0 atom stereocenters. The monoisotopic (exact) mass is 250 g/mol. The van der Waals surface area contributed by atoms with Gasteiger partial charge in [0.2, 0.25) is 0 Å². The molecule has 18 heavy (non-hydrogen) atoms. The zero-order valence-corrected chi connectivity index (χ0v) is 12.6. The maximum atomic E-state index is 10.8. The second-order valence-corrected chi connectivity index (χ2v) is 7.59. The van der Waals surface area contributed by atoms with Crippen molar-refractivity contribution in [3.05, 3.63) is 0 Å². The first-order valence-corrected chi connectivity index (χ1v) is 7.99. The van der Waals surface area contributed by atoms with Gasteiger partial charge in [0.1, 0.15) is 5.78 Å². The van der Waals surface area contributed by atoms with Crippen LogP contribution in [0.15, 0.2) is 0 Å². The molecule has 1 heteroatoms. The second kappa shape index (κ2) is 5.75. The number of ketones is 1. The van der Waals surface area contributed by atoms with Gasteiger partial charge < -0.3 is 0 Å². The number of carbonyl (C=O) groups is 1. The predicted octanol–water partition coefficient (Wildman–Crippen LogP) is 4.70. The third kappa shape index (κ3) is 3.36. The Morgan fingerprint density at radius 2 is 0.889 bits per heavy atom. The highest BCUT2D eigenvalue weighted by atomic mass is 16.1. The topological polar surface area (TPSA) is 17.1 Å². The maximum absolute atomic E-state index is 10.8. The van der Waals surface area contributed by atoms with Crippen molar-refractivity contribution in [1.29, 1.82) is 0 Å². The van der Waals surface area contributed by atoms with E-state index >= 15 is 0 Å². The quantitative estimate of drug-likeness (QED) is 0.694. The van der Waals surface area contributed by atoms with Gasteiger partial charge in [-0.2, -0.15) is 0 Å². The van der Waals surface area contributed by atoms with Gasteiger partial charge >= 0.3 is 0 Å². The molecule has 104 valence electrons. The van der Waals surface area contributed by atoms with Crippen LogP contribution in [0.3, 0.4) is 0 Å². The van der Waals surface area contributed by atoms with E-state index in [2.05, 4.69) is 0 Å². The van der Waals surface area contributed by atoms with Gasteiger partial charge in [-0.3, -0.25) is 4.79 Å². The van der Waals surface area contributed by atoms with Crippen molar-refractivity contribution < 1.29 is 4.79 Å². The van der Waals surface area contributed by atoms with Gasteiger partial charge in [-0.1, -0.05) is 27.7 Å². The lowest BCUT2D eigenvalue weighted by Gasteiger charge is -2.49. The molecule has 0 heterocycles. The number of hydrogen-bond acceptors (Lipinski definition) is 1. The number of hydrogen-bond donors (Lipinski definition) is 0. The van der Waals surface area contributed by atoms with Gasteiger partial charge in [-0.25, -0.2) is 0 Å². The fourth-order valence-corrected chi connectivity index (χ4v) is 4.65. The fourth-order valence-electron chi connectivity index (χ4n) is 4.65. The van der Waals surface area contributed by atoms with Crippen LogP contribution in [0.4, 0.5) is 0 Å². The van der Waals surface area contributed by atoms with Crippen molar-refractivity contribution in [2.45, 2.75) is 66.2 Å². The van der Waals surface area contributed by atoms with Crippen molar-refractivity contribution in [2.24, 2.45) is 35.5 Å². The van der Waals surface area contributed by atoms with Gasteiger partial charge in [-0.15, -0.1) is 0 Å². The smallest absolute Gasteiger partial charge is 0.137 e. The summed E-state index contributed by atoms with van der Waals surface area (Å²) >= 11 is 0. The van der Waals surface area contributed by atoms with Crippen LogP contribution in [0.25, 0.3) is 0 Å². The predicted molar refractivity (Wildman–Crippen MR) is 76.3 cm³/mol. The SMILES string of the molecule is C1C2CC3CC1CC(C2)C3.CC(C)C(=O)C(C)C. The van der Waals surface area contributed by atoms with E-state index in [-0.39, 0.29) is 11.8 Å². The minimum atomic E-state index is 0.204. The van der Waals surface area contributed by atoms with Crippen LogP contribution < -0.4 is 0 Å². The molecule has 1 nitrogen and oxygen atoms in total. The van der Waals surface area contributed by atoms with Crippen molar-refractivity contribution in [3.8, 4) is 0 Å². The summed E-state index contributed by atoms with van der Waals surface area (Å²) in [6.07, 6.45) is 9.62. The minimum absolute atomic E-state index is 0.204. The molecular formula is C17H30O. The summed E-state index contributed by atoms with van der Waals surface area (Å²) in [4.78, 5) is 10.8. The Kier molecular flexibility index (Phi) is 4.50. The first-order chi connectivity index (χ1) is 8.45. The third-order valence-electron chi connectivity index (χ3n) is 5.14. The Bertz CT molecular complexity index is 223. The van der Waals surface area contributed by atoms with E-state index in [0.29, 0.717) is 5.78 Å². The summed E-state index contributed by atoms with van der Waals surface area (Å²) in [5.41, 5.74) is 0. The molecule has 4 saturated carbocycles. The van der Waals surface area contributed by atoms with E-state index in [0.717, 1.165) is 0 Å². The minimum Gasteiger partial charge on any atom is -0.299 e. The lowest BCUT2D eigenvalue weighted by Crippen LogP contribution is -2.38. The van der Waals surface area contributed by atoms with Crippen molar-refractivity contribution in [1.82, 2.24) is 0 Å². The van der Waals surface area contributed by atoms with Gasteiger partial charge in [0.15, 0.2) is 0 Å². The largest absolute Gasteiger partial charge is 0.299 e. The normalized spacial score (nSPS) is 36.8. The van der Waals surface area contributed by atoms with Crippen LogP contribution in [-0.2, 0) is 4.79 Å². The highest BCUT2D eigenvalue weighted by molar-refractivity contribution is 5.81. The van der Waals surface area contributed by atoms with Crippen LogP contribution in [0.1, 0.15) is 66.2 Å². The van der Waals surface area contributed by atoms with E-state index in [9.17, 15) is 4.79 Å². The van der Waals surface area contributed by atoms with Crippen molar-refractivity contribution >= 4 is 5.78 Å². The molecule has 0 saturated heterocycles. The molecule has 0 aromatic heterocycles.